The molecule has 8 heteroatoms. The van der Waals surface area contributed by atoms with Gasteiger partial charge in [-0.3, -0.25) is 19.2 Å². The molecule has 0 rings (SSSR count). The summed E-state index contributed by atoms with van der Waals surface area (Å²) in [5, 5.41) is 0. The summed E-state index contributed by atoms with van der Waals surface area (Å²) in [6.45, 7) is 2.01. The Labute approximate surface area is 141 Å². The highest BCUT2D eigenvalue weighted by Crippen LogP contribution is 2.37. The number of ether oxygens (including phenoxy) is 4. The molecule has 0 bridgehead atoms. The van der Waals surface area contributed by atoms with E-state index in [4.69, 9.17) is 4.74 Å². The van der Waals surface area contributed by atoms with Crippen LogP contribution in [0.1, 0.15) is 39.0 Å². The lowest BCUT2D eigenvalue weighted by atomic mass is 9.72. The van der Waals surface area contributed by atoms with Gasteiger partial charge in [-0.1, -0.05) is 32.6 Å². The van der Waals surface area contributed by atoms with E-state index in [0.717, 1.165) is 47.7 Å². The monoisotopic (exact) mass is 346 g/mol. The van der Waals surface area contributed by atoms with Crippen molar-refractivity contribution >= 4 is 23.9 Å². The number of methoxy groups -OCH3 is 4. The van der Waals surface area contributed by atoms with Crippen molar-refractivity contribution in [3.63, 3.8) is 0 Å². The molecule has 0 amide bonds. The molecule has 0 aromatic heterocycles. The van der Waals surface area contributed by atoms with Crippen LogP contribution in [0.25, 0.3) is 0 Å². The zero-order chi connectivity index (χ0) is 18.8. The van der Waals surface area contributed by atoms with E-state index in [2.05, 4.69) is 14.2 Å². The fraction of sp³-hybridized carbons (Fsp3) is 0.750. The summed E-state index contributed by atoms with van der Waals surface area (Å²) < 4.78 is 18.5. The van der Waals surface area contributed by atoms with Gasteiger partial charge in [0.1, 0.15) is 0 Å². The number of carbonyl (C=O) groups is 4. The highest BCUT2D eigenvalue weighted by atomic mass is 16.6. The quantitative estimate of drug-likeness (QED) is 0.252. The van der Waals surface area contributed by atoms with E-state index in [1.807, 2.05) is 6.92 Å². The van der Waals surface area contributed by atoms with Crippen LogP contribution in [-0.4, -0.2) is 52.3 Å². The van der Waals surface area contributed by atoms with Crippen molar-refractivity contribution in [3.8, 4) is 0 Å². The normalized spacial score (nSPS) is 12.0. The molecule has 8 nitrogen and oxygen atoms in total. The maximum atomic E-state index is 12.4. The van der Waals surface area contributed by atoms with Crippen LogP contribution in [0, 0.1) is 11.3 Å². The summed E-state index contributed by atoms with van der Waals surface area (Å²) in [6.07, 6.45) is 3.23. The topological polar surface area (TPSA) is 105 Å². The Hall–Kier alpha value is -2.12. The number of rotatable bonds is 10. The Balaban J connectivity index is 6.03. The van der Waals surface area contributed by atoms with Crippen LogP contribution in [-0.2, 0) is 38.1 Å². The molecule has 0 aliphatic rings. The van der Waals surface area contributed by atoms with E-state index >= 15 is 0 Å². The van der Waals surface area contributed by atoms with Gasteiger partial charge >= 0.3 is 23.9 Å². The summed E-state index contributed by atoms with van der Waals surface area (Å²) in [5.41, 5.74) is -2.54. The van der Waals surface area contributed by atoms with Crippen molar-refractivity contribution in [2.75, 3.05) is 28.4 Å². The van der Waals surface area contributed by atoms with Crippen molar-refractivity contribution in [3.05, 3.63) is 0 Å². The van der Waals surface area contributed by atoms with Crippen LogP contribution in [0.15, 0.2) is 0 Å². The van der Waals surface area contributed by atoms with Gasteiger partial charge in [0, 0.05) is 0 Å². The first-order valence-electron chi connectivity index (χ1n) is 7.71. The first kappa shape index (κ1) is 21.9. The number of hydrogen-bond donors (Lipinski definition) is 0. The molecule has 0 N–H and O–H groups in total. The van der Waals surface area contributed by atoms with E-state index in [-0.39, 0.29) is 6.42 Å². The molecule has 1 unspecified atom stereocenters. The minimum Gasteiger partial charge on any atom is -0.469 e. The van der Waals surface area contributed by atoms with E-state index in [9.17, 15) is 19.2 Å². The molecule has 0 spiro atoms. The second-order valence-electron chi connectivity index (χ2n) is 5.21. The lowest BCUT2D eigenvalue weighted by Crippen LogP contribution is -2.56. The van der Waals surface area contributed by atoms with Crippen molar-refractivity contribution < 1.29 is 38.1 Å². The van der Waals surface area contributed by atoms with Crippen LogP contribution in [0.2, 0.25) is 0 Å². The number of carbonyl (C=O) groups excluding carboxylic acids is 4. The third kappa shape index (κ3) is 4.46. The first-order chi connectivity index (χ1) is 11.4. The van der Waals surface area contributed by atoms with Gasteiger partial charge in [-0.25, -0.2) is 0 Å². The van der Waals surface area contributed by atoms with Gasteiger partial charge in [0.05, 0.1) is 34.4 Å². The van der Waals surface area contributed by atoms with Crippen LogP contribution in [0.4, 0.5) is 0 Å². The van der Waals surface area contributed by atoms with Crippen molar-refractivity contribution in [2.45, 2.75) is 39.0 Å². The van der Waals surface area contributed by atoms with Gasteiger partial charge in [-0.05, 0) is 6.42 Å². The second-order valence-corrected chi connectivity index (χ2v) is 5.21. The Kier molecular flexibility index (Phi) is 9.68. The van der Waals surface area contributed by atoms with E-state index in [1.165, 1.54) is 0 Å². The van der Waals surface area contributed by atoms with Crippen LogP contribution < -0.4 is 0 Å². The first-order valence-corrected chi connectivity index (χ1v) is 7.71. The SMILES string of the molecule is CCCCCCC(C(=O)OC)C(C(=O)OC)(C(=O)OC)C(=O)OC. The van der Waals surface area contributed by atoms with E-state index < -0.39 is 35.2 Å². The van der Waals surface area contributed by atoms with Gasteiger partial charge in [0.2, 0.25) is 0 Å². The van der Waals surface area contributed by atoms with Gasteiger partial charge < -0.3 is 18.9 Å². The fourth-order valence-electron chi connectivity index (χ4n) is 2.59. The molecule has 0 saturated heterocycles. The summed E-state index contributed by atoms with van der Waals surface area (Å²) in [6, 6.07) is 0. The summed E-state index contributed by atoms with van der Waals surface area (Å²) in [4.78, 5) is 49.3. The lowest BCUT2D eigenvalue weighted by Gasteiger charge is -2.31. The molecule has 0 heterocycles. The van der Waals surface area contributed by atoms with Crippen LogP contribution in [0.3, 0.4) is 0 Å². The van der Waals surface area contributed by atoms with Gasteiger partial charge in [-0.2, -0.15) is 0 Å². The van der Waals surface area contributed by atoms with Crippen LogP contribution in [0.5, 0.6) is 0 Å². The molecule has 1 atom stereocenters. The number of unbranched alkanes of at least 4 members (excludes halogenated alkanes) is 3. The largest absolute Gasteiger partial charge is 0.469 e. The number of esters is 4. The minimum atomic E-state index is -2.54. The Morgan fingerprint density at radius 2 is 1.21 bits per heavy atom. The molecule has 138 valence electrons. The lowest BCUT2D eigenvalue weighted by molar-refractivity contribution is -0.191. The zero-order valence-corrected chi connectivity index (χ0v) is 14.9. The summed E-state index contributed by atoms with van der Waals surface area (Å²) in [5.74, 6) is -5.93. The smallest absolute Gasteiger partial charge is 0.335 e. The predicted octanol–water partition coefficient (Wildman–Crippen LogP) is 1.25. The molecule has 0 saturated carbocycles. The van der Waals surface area contributed by atoms with Gasteiger partial charge in [0.15, 0.2) is 0 Å². The number of hydrogen-bond acceptors (Lipinski definition) is 8. The van der Waals surface area contributed by atoms with Gasteiger partial charge in [-0.15, -0.1) is 0 Å². The van der Waals surface area contributed by atoms with Gasteiger partial charge in [0.25, 0.3) is 5.41 Å². The third-order valence-corrected chi connectivity index (χ3v) is 3.88. The van der Waals surface area contributed by atoms with E-state index in [1.54, 1.807) is 0 Å². The summed E-state index contributed by atoms with van der Waals surface area (Å²) >= 11 is 0. The van der Waals surface area contributed by atoms with Crippen molar-refractivity contribution in [2.24, 2.45) is 11.3 Å². The Morgan fingerprint density at radius 1 is 0.750 bits per heavy atom. The standard InChI is InChI=1S/C16H26O8/c1-6-7-8-9-10-11(12(17)21-2)16(13(18)22-3,14(19)23-4)15(20)24-5/h11H,6-10H2,1-5H3. The zero-order valence-electron chi connectivity index (χ0n) is 14.9. The molecular formula is C16H26O8. The molecule has 0 aliphatic heterocycles. The minimum absolute atomic E-state index is 0.0754. The Bertz CT molecular complexity index is 416. The second kappa shape index (κ2) is 10.6. The molecule has 0 aromatic carbocycles. The molecular weight excluding hydrogens is 320 g/mol. The maximum Gasteiger partial charge on any atom is 0.335 e. The average molecular weight is 346 g/mol. The van der Waals surface area contributed by atoms with E-state index in [0.29, 0.717) is 6.42 Å². The van der Waals surface area contributed by atoms with Crippen molar-refractivity contribution in [1.29, 1.82) is 0 Å². The average Bonchev–Trinajstić information content (AvgIpc) is 2.61. The molecule has 0 fully saturated rings. The molecule has 0 aliphatic carbocycles. The maximum absolute atomic E-state index is 12.4. The highest BCUT2D eigenvalue weighted by molar-refractivity contribution is 6.20. The molecule has 0 aromatic rings. The third-order valence-electron chi connectivity index (χ3n) is 3.88. The van der Waals surface area contributed by atoms with Crippen LogP contribution >= 0.6 is 0 Å². The fourth-order valence-corrected chi connectivity index (χ4v) is 2.59. The highest BCUT2D eigenvalue weighted by Gasteiger charge is 2.64. The Morgan fingerprint density at radius 3 is 1.54 bits per heavy atom. The predicted molar refractivity (Wildman–Crippen MR) is 82.7 cm³/mol. The molecule has 0 radical (unpaired) electrons. The van der Waals surface area contributed by atoms with Crippen molar-refractivity contribution in [1.82, 2.24) is 0 Å². The summed E-state index contributed by atoms with van der Waals surface area (Å²) in [7, 11) is 4.13. The molecule has 24 heavy (non-hydrogen) atoms.